The summed E-state index contributed by atoms with van der Waals surface area (Å²) in [6.07, 6.45) is 5.53. The number of hydrogen-bond acceptors (Lipinski definition) is 3. The van der Waals surface area contributed by atoms with Crippen LogP contribution < -0.4 is 0 Å². The molecule has 3 heteroatoms. The van der Waals surface area contributed by atoms with Gasteiger partial charge in [-0.1, -0.05) is 35.5 Å². The minimum absolute atomic E-state index is 0.0628. The zero-order chi connectivity index (χ0) is 13.1. The van der Waals surface area contributed by atoms with Crippen molar-refractivity contribution in [3.05, 3.63) is 65.5 Å². The molecule has 1 atom stereocenters. The fourth-order valence-corrected chi connectivity index (χ4v) is 2.40. The molecule has 19 heavy (non-hydrogen) atoms. The van der Waals surface area contributed by atoms with Gasteiger partial charge in [-0.3, -0.25) is 4.98 Å². The monoisotopic (exact) mass is 252 g/mol. The van der Waals surface area contributed by atoms with Gasteiger partial charge in [0.15, 0.2) is 6.10 Å². The molecule has 1 aromatic heterocycles. The molecule has 0 saturated heterocycles. The molecule has 0 spiro atoms. The van der Waals surface area contributed by atoms with Crippen molar-refractivity contribution in [1.29, 1.82) is 0 Å². The normalized spacial score (nSPS) is 17.9. The highest BCUT2D eigenvalue weighted by Crippen LogP contribution is 2.30. The van der Waals surface area contributed by atoms with Crippen LogP contribution in [0, 0.1) is 0 Å². The van der Waals surface area contributed by atoms with Gasteiger partial charge in [-0.15, -0.1) is 0 Å². The van der Waals surface area contributed by atoms with Crippen molar-refractivity contribution >= 4 is 5.71 Å². The van der Waals surface area contributed by atoms with Crippen LogP contribution >= 0.6 is 0 Å². The highest BCUT2D eigenvalue weighted by atomic mass is 16.6. The molecule has 0 radical (unpaired) electrons. The summed E-state index contributed by atoms with van der Waals surface area (Å²) in [7, 11) is 0. The van der Waals surface area contributed by atoms with Gasteiger partial charge >= 0.3 is 0 Å². The van der Waals surface area contributed by atoms with Crippen molar-refractivity contribution in [2.75, 3.05) is 0 Å². The summed E-state index contributed by atoms with van der Waals surface area (Å²) in [6.45, 7) is 2.00. The Hall–Kier alpha value is -2.16. The molecule has 0 bridgehead atoms. The molecule has 0 fully saturated rings. The first-order chi connectivity index (χ1) is 9.33. The molecule has 3 nitrogen and oxygen atoms in total. The molecular formula is C16H16N2O. The molecule has 0 N–H and O–H groups in total. The third-order valence-electron chi connectivity index (χ3n) is 3.34. The van der Waals surface area contributed by atoms with E-state index >= 15 is 0 Å². The molecule has 3 rings (SSSR count). The van der Waals surface area contributed by atoms with E-state index in [-0.39, 0.29) is 6.10 Å². The van der Waals surface area contributed by atoms with Crippen LogP contribution in [0.3, 0.4) is 0 Å². The topological polar surface area (TPSA) is 34.5 Å². The maximum atomic E-state index is 5.50. The second-order valence-corrected chi connectivity index (χ2v) is 4.86. The fourth-order valence-electron chi connectivity index (χ4n) is 2.40. The number of pyridine rings is 1. The van der Waals surface area contributed by atoms with E-state index in [1.807, 2.05) is 19.2 Å². The number of rotatable bonds is 3. The average Bonchev–Trinajstić information content (AvgIpc) is 2.87. The van der Waals surface area contributed by atoms with E-state index in [4.69, 9.17) is 4.84 Å². The lowest BCUT2D eigenvalue weighted by atomic mass is 9.95. The minimum Gasteiger partial charge on any atom is -0.387 e. The van der Waals surface area contributed by atoms with Crippen LogP contribution in [0.25, 0.3) is 0 Å². The molecule has 96 valence electrons. The number of nitrogens with zero attached hydrogens (tertiary/aromatic N) is 2. The maximum absolute atomic E-state index is 5.50. The molecule has 0 amide bonds. The minimum atomic E-state index is 0.0628. The zero-order valence-corrected chi connectivity index (χ0v) is 10.9. The van der Waals surface area contributed by atoms with Crippen molar-refractivity contribution in [2.24, 2.45) is 5.16 Å². The second-order valence-electron chi connectivity index (χ2n) is 4.86. The van der Waals surface area contributed by atoms with Crippen molar-refractivity contribution in [3.63, 3.8) is 0 Å². The Balaban J connectivity index is 1.86. The standard InChI is InChI=1S/C16H16N2O/c1-12-9-16(19-18-12)15-7-3-2-6-14(15)10-13-5-4-8-17-11-13/h2-8,11,16H,9-10H2,1H3/t16-/m1/s1. The molecule has 2 aromatic rings. The predicted octanol–water partition coefficient (Wildman–Crippen LogP) is 3.51. The predicted molar refractivity (Wildman–Crippen MR) is 75.0 cm³/mol. The largest absolute Gasteiger partial charge is 0.387 e. The van der Waals surface area contributed by atoms with Gasteiger partial charge in [0.05, 0.1) is 5.71 Å². The van der Waals surface area contributed by atoms with Gasteiger partial charge in [-0.05, 0) is 36.1 Å². The van der Waals surface area contributed by atoms with Crippen molar-refractivity contribution < 1.29 is 4.84 Å². The molecular weight excluding hydrogens is 236 g/mol. The van der Waals surface area contributed by atoms with Gasteiger partial charge in [0, 0.05) is 18.8 Å². The van der Waals surface area contributed by atoms with E-state index in [0.717, 1.165) is 18.6 Å². The van der Waals surface area contributed by atoms with Crippen molar-refractivity contribution in [3.8, 4) is 0 Å². The van der Waals surface area contributed by atoms with E-state index in [2.05, 4.69) is 40.5 Å². The SMILES string of the molecule is CC1=NO[C@@H](c2ccccc2Cc2cccnc2)C1. The van der Waals surface area contributed by atoms with Gasteiger partial charge in [0.1, 0.15) is 0 Å². The Labute approximate surface area is 112 Å². The Morgan fingerprint density at radius 3 is 2.84 bits per heavy atom. The first-order valence-electron chi connectivity index (χ1n) is 6.49. The summed E-state index contributed by atoms with van der Waals surface area (Å²) in [5.74, 6) is 0. The quantitative estimate of drug-likeness (QED) is 0.837. The van der Waals surface area contributed by atoms with E-state index in [1.165, 1.54) is 16.7 Å². The van der Waals surface area contributed by atoms with E-state index in [1.54, 1.807) is 6.20 Å². The number of oxime groups is 1. The molecule has 1 aromatic carbocycles. The summed E-state index contributed by atoms with van der Waals surface area (Å²) >= 11 is 0. The van der Waals surface area contributed by atoms with Crippen LogP contribution in [0.1, 0.15) is 36.1 Å². The number of hydrogen-bond donors (Lipinski definition) is 0. The number of benzene rings is 1. The lowest BCUT2D eigenvalue weighted by molar-refractivity contribution is 0.0851. The van der Waals surface area contributed by atoms with Gasteiger partial charge < -0.3 is 4.84 Å². The highest BCUT2D eigenvalue weighted by molar-refractivity contribution is 5.83. The van der Waals surface area contributed by atoms with Gasteiger partial charge in [-0.25, -0.2) is 0 Å². The zero-order valence-electron chi connectivity index (χ0n) is 10.9. The van der Waals surface area contributed by atoms with Crippen LogP contribution in [0.4, 0.5) is 0 Å². The van der Waals surface area contributed by atoms with Crippen LogP contribution in [0.2, 0.25) is 0 Å². The highest BCUT2D eigenvalue weighted by Gasteiger charge is 2.22. The van der Waals surface area contributed by atoms with Crippen molar-refractivity contribution in [1.82, 2.24) is 4.98 Å². The van der Waals surface area contributed by atoms with E-state index in [0.29, 0.717) is 0 Å². The number of aromatic nitrogens is 1. The fraction of sp³-hybridized carbons (Fsp3) is 0.250. The third-order valence-corrected chi connectivity index (χ3v) is 3.34. The Morgan fingerprint density at radius 2 is 2.11 bits per heavy atom. The smallest absolute Gasteiger partial charge is 0.158 e. The summed E-state index contributed by atoms with van der Waals surface area (Å²) in [6, 6.07) is 12.5. The van der Waals surface area contributed by atoms with Crippen LogP contribution in [0.5, 0.6) is 0 Å². The average molecular weight is 252 g/mol. The second kappa shape index (κ2) is 5.22. The van der Waals surface area contributed by atoms with Gasteiger partial charge in [-0.2, -0.15) is 0 Å². The summed E-state index contributed by atoms with van der Waals surface area (Å²) < 4.78 is 0. The van der Waals surface area contributed by atoms with E-state index < -0.39 is 0 Å². The van der Waals surface area contributed by atoms with Crippen LogP contribution in [0.15, 0.2) is 53.9 Å². The van der Waals surface area contributed by atoms with Gasteiger partial charge in [0.2, 0.25) is 0 Å². The Morgan fingerprint density at radius 1 is 1.21 bits per heavy atom. The molecule has 0 unspecified atom stereocenters. The van der Waals surface area contributed by atoms with Crippen LogP contribution in [-0.2, 0) is 11.3 Å². The lowest BCUT2D eigenvalue weighted by Crippen LogP contribution is -2.03. The molecule has 0 saturated carbocycles. The Bertz CT molecular complexity index is 593. The Kier molecular flexibility index (Phi) is 3.27. The van der Waals surface area contributed by atoms with Crippen molar-refractivity contribution in [2.45, 2.75) is 25.9 Å². The molecule has 1 aliphatic rings. The summed E-state index contributed by atoms with van der Waals surface area (Å²) in [4.78, 5) is 9.67. The molecule has 2 heterocycles. The maximum Gasteiger partial charge on any atom is 0.158 e. The molecule has 0 aliphatic carbocycles. The third kappa shape index (κ3) is 2.65. The van der Waals surface area contributed by atoms with Gasteiger partial charge in [0.25, 0.3) is 0 Å². The first-order valence-corrected chi connectivity index (χ1v) is 6.49. The summed E-state index contributed by atoms with van der Waals surface area (Å²) in [5.41, 5.74) is 4.78. The first kappa shape index (κ1) is 11.9. The van der Waals surface area contributed by atoms with Crippen LogP contribution in [-0.4, -0.2) is 10.7 Å². The summed E-state index contributed by atoms with van der Waals surface area (Å²) in [5, 5.41) is 4.05. The molecule has 1 aliphatic heterocycles. The van der Waals surface area contributed by atoms with E-state index in [9.17, 15) is 0 Å². The lowest BCUT2D eigenvalue weighted by Gasteiger charge is -2.14.